The number of likely N-dealkylation sites (N-methyl/N-ethyl adjacent to an activating group) is 1. The number of nitrogens with zero attached hydrogens (tertiary/aromatic N) is 3. The molecule has 0 atom stereocenters. The maximum atomic E-state index is 5.64. The SMILES string of the molecule is CCNC(=NCc1coc(-c2ccc(C)cc2)n1)NCC1(N(C)C)CCOCC1.I. The van der Waals surface area contributed by atoms with Crippen LogP contribution in [-0.2, 0) is 11.3 Å². The van der Waals surface area contributed by atoms with Gasteiger partial charge in [-0.05, 0) is 52.9 Å². The molecule has 2 N–H and O–H groups in total. The van der Waals surface area contributed by atoms with E-state index in [1.54, 1.807) is 6.26 Å². The van der Waals surface area contributed by atoms with Gasteiger partial charge < -0.3 is 24.7 Å². The van der Waals surface area contributed by atoms with Crippen molar-refractivity contribution in [3.05, 3.63) is 41.8 Å². The molecule has 166 valence electrons. The van der Waals surface area contributed by atoms with Crippen molar-refractivity contribution in [1.82, 2.24) is 20.5 Å². The molecule has 3 rings (SSSR count). The van der Waals surface area contributed by atoms with Crippen LogP contribution in [0.5, 0.6) is 0 Å². The number of oxazole rings is 1. The topological polar surface area (TPSA) is 74.9 Å². The van der Waals surface area contributed by atoms with Crippen molar-refractivity contribution in [1.29, 1.82) is 0 Å². The highest BCUT2D eigenvalue weighted by Crippen LogP contribution is 2.25. The summed E-state index contributed by atoms with van der Waals surface area (Å²) in [6.45, 7) is 7.82. The van der Waals surface area contributed by atoms with E-state index in [2.05, 4.69) is 60.6 Å². The quantitative estimate of drug-likeness (QED) is 0.327. The number of hydrogen-bond donors (Lipinski definition) is 2. The van der Waals surface area contributed by atoms with Crippen molar-refractivity contribution >= 4 is 29.9 Å². The van der Waals surface area contributed by atoms with E-state index in [-0.39, 0.29) is 29.5 Å². The Balaban J connectivity index is 0.00000320. The molecule has 30 heavy (non-hydrogen) atoms. The normalized spacial score (nSPS) is 16.2. The van der Waals surface area contributed by atoms with Crippen LogP contribution < -0.4 is 10.6 Å². The van der Waals surface area contributed by atoms with Crippen LogP contribution in [0.15, 0.2) is 39.9 Å². The molecule has 0 aliphatic carbocycles. The van der Waals surface area contributed by atoms with Crippen LogP contribution in [0.1, 0.15) is 31.0 Å². The number of benzene rings is 1. The van der Waals surface area contributed by atoms with Crippen LogP contribution in [0, 0.1) is 6.92 Å². The van der Waals surface area contributed by atoms with Crippen molar-refractivity contribution < 1.29 is 9.15 Å². The van der Waals surface area contributed by atoms with Gasteiger partial charge in [0.2, 0.25) is 5.89 Å². The molecule has 1 aliphatic heterocycles. The maximum Gasteiger partial charge on any atom is 0.226 e. The summed E-state index contributed by atoms with van der Waals surface area (Å²) in [6.07, 6.45) is 3.70. The zero-order valence-electron chi connectivity index (χ0n) is 18.4. The molecule has 0 unspecified atom stereocenters. The summed E-state index contributed by atoms with van der Waals surface area (Å²) in [5, 5.41) is 6.83. The van der Waals surface area contributed by atoms with Gasteiger partial charge in [-0.2, -0.15) is 0 Å². The summed E-state index contributed by atoms with van der Waals surface area (Å²) in [4.78, 5) is 11.6. The summed E-state index contributed by atoms with van der Waals surface area (Å²) in [7, 11) is 4.28. The minimum Gasteiger partial charge on any atom is -0.444 e. The van der Waals surface area contributed by atoms with Gasteiger partial charge in [0.15, 0.2) is 5.96 Å². The van der Waals surface area contributed by atoms with Crippen LogP contribution in [-0.4, -0.2) is 61.8 Å². The van der Waals surface area contributed by atoms with Gasteiger partial charge >= 0.3 is 0 Å². The molecular formula is C22H34IN5O2. The van der Waals surface area contributed by atoms with Crippen LogP contribution in [0.3, 0.4) is 0 Å². The first-order valence-electron chi connectivity index (χ1n) is 10.3. The molecule has 7 nitrogen and oxygen atoms in total. The molecule has 0 bridgehead atoms. The molecule has 0 radical (unpaired) electrons. The van der Waals surface area contributed by atoms with Gasteiger partial charge in [0.25, 0.3) is 0 Å². The molecule has 0 spiro atoms. The van der Waals surface area contributed by atoms with E-state index in [0.717, 1.165) is 56.4 Å². The predicted molar refractivity (Wildman–Crippen MR) is 131 cm³/mol. The Morgan fingerprint density at radius 1 is 1.17 bits per heavy atom. The Bertz CT molecular complexity index is 798. The lowest BCUT2D eigenvalue weighted by Crippen LogP contribution is -2.57. The monoisotopic (exact) mass is 527 g/mol. The van der Waals surface area contributed by atoms with Crippen molar-refractivity contribution in [2.75, 3.05) is 40.4 Å². The van der Waals surface area contributed by atoms with Crippen LogP contribution in [0.25, 0.3) is 11.5 Å². The second-order valence-electron chi connectivity index (χ2n) is 7.79. The number of ether oxygens (including phenoxy) is 1. The van der Waals surface area contributed by atoms with Crippen molar-refractivity contribution in [3.63, 3.8) is 0 Å². The second-order valence-corrected chi connectivity index (χ2v) is 7.79. The lowest BCUT2D eigenvalue weighted by molar-refractivity contribution is -0.00501. The average molecular weight is 527 g/mol. The maximum absolute atomic E-state index is 5.64. The summed E-state index contributed by atoms with van der Waals surface area (Å²) >= 11 is 0. The first kappa shape index (κ1) is 24.6. The van der Waals surface area contributed by atoms with Crippen LogP contribution in [0.4, 0.5) is 0 Å². The zero-order chi connectivity index (χ0) is 20.7. The van der Waals surface area contributed by atoms with E-state index in [1.807, 2.05) is 12.1 Å². The molecule has 1 saturated heterocycles. The van der Waals surface area contributed by atoms with E-state index < -0.39 is 0 Å². The third-order valence-corrected chi connectivity index (χ3v) is 5.55. The molecule has 2 aromatic rings. The van der Waals surface area contributed by atoms with Gasteiger partial charge in [-0.25, -0.2) is 9.98 Å². The molecule has 1 aromatic heterocycles. The molecule has 0 saturated carbocycles. The van der Waals surface area contributed by atoms with E-state index >= 15 is 0 Å². The summed E-state index contributed by atoms with van der Waals surface area (Å²) in [5.41, 5.74) is 3.09. The van der Waals surface area contributed by atoms with Crippen molar-refractivity contribution in [3.8, 4) is 11.5 Å². The molecule has 2 heterocycles. The zero-order valence-corrected chi connectivity index (χ0v) is 20.7. The highest BCUT2D eigenvalue weighted by atomic mass is 127. The minimum atomic E-state index is 0. The molecular weight excluding hydrogens is 493 g/mol. The number of guanidine groups is 1. The molecule has 0 amide bonds. The Kier molecular flexibility index (Phi) is 9.57. The first-order chi connectivity index (χ1) is 14.0. The minimum absolute atomic E-state index is 0. The van der Waals surface area contributed by atoms with E-state index in [1.165, 1.54) is 5.56 Å². The third-order valence-electron chi connectivity index (χ3n) is 5.55. The third kappa shape index (κ3) is 6.42. The fourth-order valence-corrected chi connectivity index (χ4v) is 3.49. The number of aliphatic imine (C=N–C) groups is 1. The molecule has 1 aliphatic rings. The standard InChI is InChI=1S/C22H33N5O2.HI/c1-5-23-21(25-16-22(27(3)4)10-12-28-13-11-22)24-14-19-15-29-20(26-19)18-8-6-17(2)7-9-18;/h6-9,15H,5,10-14,16H2,1-4H3,(H2,23,24,25);1H. The number of aromatic nitrogens is 1. The Labute approximate surface area is 196 Å². The Morgan fingerprint density at radius 2 is 1.87 bits per heavy atom. The van der Waals surface area contributed by atoms with Gasteiger partial charge in [-0.1, -0.05) is 17.7 Å². The van der Waals surface area contributed by atoms with Crippen LogP contribution in [0.2, 0.25) is 0 Å². The van der Waals surface area contributed by atoms with Gasteiger partial charge in [-0.15, -0.1) is 24.0 Å². The Morgan fingerprint density at radius 3 is 2.50 bits per heavy atom. The van der Waals surface area contributed by atoms with Gasteiger partial charge in [0.1, 0.15) is 12.0 Å². The number of aryl methyl sites for hydroxylation is 1. The number of nitrogens with one attached hydrogen (secondary N) is 2. The van der Waals surface area contributed by atoms with Crippen LogP contribution >= 0.6 is 24.0 Å². The van der Waals surface area contributed by atoms with Gasteiger partial charge in [-0.3, -0.25) is 0 Å². The number of hydrogen-bond acceptors (Lipinski definition) is 5. The lowest BCUT2D eigenvalue weighted by atomic mass is 9.88. The molecule has 1 aromatic carbocycles. The summed E-state index contributed by atoms with van der Waals surface area (Å²) < 4.78 is 11.2. The predicted octanol–water partition coefficient (Wildman–Crippen LogP) is 3.43. The molecule has 8 heteroatoms. The van der Waals surface area contributed by atoms with Crippen molar-refractivity contribution in [2.45, 2.75) is 38.8 Å². The summed E-state index contributed by atoms with van der Waals surface area (Å²) in [5.74, 6) is 1.42. The number of halogens is 1. The average Bonchev–Trinajstić information content (AvgIpc) is 3.20. The van der Waals surface area contributed by atoms with Gasteiger partial charge in [0, 0.05) is 37.4 Å². The van der Waals surface area contributed by atoms with Gasteiger partial charge in [0.05, 0.1) is 6.54 Å². The fourth-order valence-electron chi connectivity index (χ4n) is 3.49. The van der Waals surface area contributed by atoms with E-state index in [9.17, 15) is 0 Å². The van der Waals surface area contributed by atoms with E-state index in [4.69, 9.17) is 14.1 Å². The largest absolute Gasteiger partial charge is 0.444 e. The highest BCUT2D eigenvalue weighted by molar-refractivity contribution is 14.0. The highest BCUT2D eigenvalue weighted by Gasteiger charge is 2.34. The van der Waals surface area contributed by atoms with E-state index in [0.29, 0.717) is 12.4 Å². The second kappa shape index (κ2) is 11.7. The Hall–Kier alpha value is -1.65. The first-order valence-corrected chi connectivity index (χ1v) is 10.3. The fraction of sp³-hybridized carbons (Fsp3) is 0.545. The van der Waals surface area contributed by atoms with Crippen molar-refractivity contribution in [2.24, 2.45) is 4.99 Å². The molecule has 1 fully saturated rings. The smallest absolute Gasteiger partial charge is 0.226 e. The summed E-state index contributed by atoms with van der Waals surface area (Å²) in [6, 6.07) is 8.16. The number of rotatable bonds is 7. The lowest BCUT2D eigenvalue weighted by Gasteiger charge is -2.43.